The van der Waals surface area contributed by atoms with E-state index >= 15 is 0 Å². The van der Waals surface area contributed by atoms with E-state index in [1.54, 1.807) is 36.7 Å². The smallest absolute Gasteiger partial charge is 0.243 e. The number of hydrogen-bond acceptors (Lipinski definition) is 4. The highest BCUT2D eigenvalue weighted by Crippen LogP contribution is 2.23. The van der Waals surface area contributed by atoms with Crippen LogP contribution in [-0.2, 0) is 16.6 Å². The lowest BCUT2D eigenvalue weighted by Crippen LogP contribution is -2.31. The van der Waals surface area contributed by atoms with Crippen LogP contribution in [-0.4, -0.2) is 24.3 Å². The molecule has 1 heterocycles. The summed E-state index contributed by atoms with van der Waals surface area (Å²) in [4.78, 5) is 4.26. The number of aromatic nitrogens is 1. The highest BCUT2D eigenvalue weighted by atomic mass is 35.5. The molecule has 0 N–H and O–H groups in total. The second-order valence-electron chi connectivity index (χ2n) is 5.62. The van der Waals surface area contributed by atoms with Crippen LogP contribution >= 0.6 is 12.4 Å². The van der Waals surface area contributed by atoms with Crippen LogP contribution in [0.1, 0.15) is 12.0 Å². The Morgan fingerprint density at radius 1 is 1.04 bits per heavy atom. The van der Waals surface area contributed by atoms with Gasteiger partial charge in [-0.05, 0) is 34.5 Å². The van der Waals surface area contributed by atoms with Crippen LogP contribution in [0, 0.1) is 11.3 Å². The number of hydrogen-bond donors (Lipinski definition) is 0. The molecule has 0 saturated heterocycles. The van der Waals surface area contributed by atoms with E-state index in [-0.39, 0.29) is 36.8 Å². The molecule has 1 aromatic heterocycles. The molecule has 26 heavy (non-hydrogen) atoms. The monoisotopic (exact) mass is 387 g/mol. The SMILES string of the molecule is Cl.N#CCCN(Cc1cccnc1)S(=O)(=O)c1ccc2ccccc2c1. The topological polar surface area (TPSA) is 74.1 Å². The second-order valence-corrected chi connectivity index (χ2v) is 7.55. The van der Waals surface area contributed by atoms with Crippen LogP contribution in [0.3, 0.4) is 0 Å². The number of rotatable bonds is 6. The molecule has 0 aliphatic heterocycles. The molecule has 134 valence electrons. The van der Waals surface area contributed by atoms with Crippen LogP contribution in [0.15, 0.2) is 71.9 Å². The normalized spacial score (nSPS) is 11.1. The first kappa shape index (κ1) is 19.9. The molecule has 0 aliphatic carbocycles. The van der Waals surface area contributed by atoms with Crippen molar-refractivity contribution in [2.24, 2.45) is 0 Å². The van der Waals surface area contributed by atoms with Gasteiger partial charge in [-0.2, -0.15) is 9.57 Å². The fourth-order valence-electron chi connectivity index (χ4n) is 2.63. The average Bonchev–Trinajstić information content (AvgIpc) is 2.65. The first-order valence-corrected chi connectivity index (χ1v) is 9.30. The third-order valence-electron chi connectivity index (χ3n) is 3.91. The Morgan fingerprint density at radius 2 is 1.81 bits per heavy atom. The summed E-state index contributed by atoms with van der Waals surface area (Å²) in [5, 5.41) is 10.7. The third-order valence-corrected chi connectivity index (χ3v) is 5.75. The molecule has 3 aromatic rings. The van der Waals surface area contributed by atoms with Gasteiger partial charge in [-0.15, -0.1) is 12.4 Å². The predicted octanol–water partition coefficient (Wildman–Crippen LogP) is 3.76. The van der Waals surface area contributed by atoms with Crippen LogP contribution in [0.4, 0.5) is 0 Å². The van der Waals surface area contributed by atoms with Crippen molar-refractivity contribution in [2.45, 2.75) is 17.9 Å². The molecule has 5 nitrogen and oxygen atoms in total. The summed E-state index contributed by atoms with van der Waals surface area (Å²) in [6.45, 7) is 0.325. The number of benzene rings is 2. The molecule has 0 unspecified atom stereocenters. The maximum Gasteiger partial charge on any atom is 0.243 e. The van der Waals surface area contributed by atoms with Gasteiger partial charge in [0.15, 0.2) is 0 Å². The van der Waals surface area contributed by atoms with Crippen molar-refractivity contribution >= 4 is 33.2 Å². The minimum Gasteiger partial charge on any atom is -0.264 e. The van der Waals surface area contributed by atoms with Gasteiger partial charge in [0.1, 0.15) is 0 Å². The number of sulfonamides is 1. The lowest BCUT2D eigenvalue weighted by Gasteiger charge is -2.21. The molecule has 0 saturated carbocycles. The zero-order valence-electron chi connectivity index (χ0n) is 13.9. The van der Waals surface area contributed by atoms with E-state index in [9.17, 15) is 8.42 Å². The summed E-state index contributed by atoms with van der Waals surface area (Å²) in [5.41, 5.74) is 0.782. The number of nitriles is 1. The van der Waals surface area contributed by atoms with E-state index in [0.717, 1.165) is 16.3 Å². The Kier molecular flexibility index (Phi) is 6.70. The third kappa shape index (κ3) is 4.38. The molecular formula is C19H18ClN3O2S. The molecule has 0 spiro atoms. The average molecular weight is 388 g/mol. The first-order chi connectivity index (χ1) is 12.1. The Morgan fingerprint density at radius 3 is 2.50 bits per heavy atom. The van der Waals surface area contributed by atoms with Crippen LogP contribution in [0.5, 0.6) is 0 Å². The zero-order valence-corrected chi connectivity index (χ0v) is 15.6. The Hall–Kier alpha value is -2.46. The van der Waals surface area contributed by atoms with Crippen LogP contribution in [0.2, 0.25) is 0 Å². The predicted molar refractivity (Wildman–Crippen MR) is 103 cm³/mol. The largest absolute Gasteiger partial charge is 0.264 e. The maximum atomic E-state index is 13.1. The molecule has 0 atom stereocenters. The molecule has 3 rings (SSSR count). The number of pyridine rings is 1. The van der Waals surface area contributed by atoms with Gasteiger partial charge in [0.2, 0.25) is 10.0 Å². The molecule has 0 radical (unpaired) electrons. The van der Waals surface area contributed by atoms with Crippen molar-refractivity contribution in [3.05, 3.63) is 72.6 Å². The lowest BCUT2D eigenvalue weighted by atomic mass is 10.1. The molecule has 0 amide bonds. The highest BCUT2D eigenvalue weighted by Gasteiger charge is 2.24. The second kappa shape index (κ2) is 8.77. The van der Waals surface area contributed by atoms with Crippen LogP contribution in [0.25, 0.3) is 10.8 Å². The van der Waals surface area contributed by atoms with Gasteiger partial charge in [-0.25, -0.2) is 8.42 Å². The summed E-state index contributed by atoms with van der Waals surface area (Å²) in [5.74, 6) is 0. The molecule has 0 fully saturated rings. The van der Waals surface area contributed by atoms with Gasteiger partial charge < -0.3 is 0 Å². The van der Waals surface area contributed by atoms with E-state index in [4.69, 9.17) is 5.26 Å². The fourth-order valence-corrected chi connectivity index (χ4v) is 4.10. The zero-order chi connectivity index (χ0) is 17.7. The van der Waals surface area contributed by atoms with Crippen molar-refractivity contribution in [3.63, 3.8) is 0 Å². The standard InChI is InChI=1S/C19H17N3O2S.ClH/c20-10-4-12-22(15-16-5-3-11-21-14-16)25(23,24)19-9-8-17-6-1-2-7-18(17)13-19;/h1-3,5-9,11,13-14H,4,12,15H2;1H. The van der Waals surface area contributed by atoms with Crippen molar-refractivity contribution < 1.29 is 8.42 Å². The summed E-state index contributed by atoms with van der Waals surface area (Å²) >= 11 is 0. The first-order valence-electron chi connectivity index (χ1n) is 7.86. The minimum atomic E-state index is -3.71. The highest BCUT2D eigenvalue weighted by molar-refractivity contribution is 7.89. The van der Waals surface area contributed by atoms with E-state index in [2.05, 4.69) is 4.98 Å². The molecule has 2 aromatic carbocycles. The van der Waals surface area contributed by atoms with Crippen molar-refractivity contribution in [2.75, 3.05) is 6.54 Å². The Balaban J connectivity index is 0.00000243. The summed E-state index contributed by atoms with van der Waals surface area (Å²) in [7, 11) is -3.71. The summed E-state index contributed by atoms with van der Waals surface area (Å²) in [6, 6.07) is 18.3. The summed E-state index contributed by atoms with van der Waals surface area (Å²) < 4.78 is 27.5. The van der Waals surface area contributed by atoms with Gasteiger partial charge in [-0.1, -0.05) is 36.4 Å². The minimum absolute atomic E-state index is 0. The van der Waals surface area contributed by atoms with Crippen LogP contribution < -0.4 is 0 Å². The van der Waals surface area contributed by atoms with Crippen molar-refractivity contribution in [1.29, 1.82) is 5.26 Å². The van der Waals surface area contributed by atoms with E-state index < -0.39 is 10.0 Å². The molecular weight excluding hydrogens is 370 g/mol. The number of halogens is 1. The lowest BCUT2D eigenvalue weighted by molar-refractivity contribution is 0.413. The molecule has 0 aliphatic rings. The molecule has 0 bridgehead atoms. The van der Waals surface area contributed by atoms with E-state index in [0.29, 0.717) is 0 Å². The summed E-state index contributed by atoms with van der Waals surface area (Å²) in [6.07, 6.45) is 3.41. The maximum absolute atomic E-state index is 13.1. The van der Waals surface area contributed by atoms with Gasteiger partial charge in [0, 0.05) is 31.9 Å². The Labute approximate surface area is 159 Å². The van der Waals surface area contributed by atoms with Gasteiger partial charge in [-0.3, -0.25) is 4.98 Å². The van der Waals surface area contributed by atoms with E-state index in [1.165, 1.54) is 4.31 Å². The molecule has 7 heteroatoms. The quantitative estimate of drug-likeness (QED) is 0.645. The van der Waals surface area contributed by atoms with Gasteiger partial charge in [0.05, 0.1) is 11.0 Å². The Bertz CT molecular complexity index is 1020. The van der Waals surface area contributed by atoms with Gasteiger partial charge >= 0.3 is 0 Å². The number of fused-ring (bicyclic) bond motifs is 1. The number of nitrogens with zero attached hydrogens (tertiary/aromatic N) is 3. The van der Waals surface area contributed by atoms with Crippen molar-refractivity contribution in [1.82, 2.24) is 9.29 Å². The van der Waals surface area contributed by atoms with Crippen molar-refractivity contribution in [3.8, 4) is 6.07 Å². The van der Waals surface area contributed by atoms with Gasteiger partial charge in [0.25, 0.3) is 0 Å². The fraction of sp³-hybridized carbons (Fsp3) is 0.158. The van der Waals surface area contributed by atoms with E-state index in [1.807, 2.05) is 36.4 Å².